The van der Waals surface area contributed by atoms with Crippen molar-refractivity contribution in [1.82, 2.24) is 14.8 Å². The molecule has 0 aliphatic rings. The normalized spacial score (nSPS) is 9.68. The van der Waals surface area contributed by atoms with Gasteiger partial charge in [0.05, 0.1) is 11.6 Å². The Morgan fingerprint density at radius 3 is 2.79 bits per heavy atom. The molecule has 1 heterocycles. The zero-order chi connectivity index (χ0) is 13.7. The van der Waals surface area contributed by atoms with Gasteiger partial charge in [-0.05, 0) is 24.3 Å². The molecule has 7 nitrogen and oxygen atoms in total. The van der Waals surface area contributed by atoms with Crippen molar-refractivity contribution < 1.29 is 9.53 Å². The fraction of sp³-hybridized carbons (Fsp3) is 0.167. The van der Waals surface area contributed by atoms with Gasteiger partial charge in [-0.2, -0.15) is 15.3 Å². The number of carbonyl (C=O) groups excluding carboxylic acids is 1. The Morgan fingerprint density at radius 2 is 2.21 bits per heavy atom. The molecule has 1 N–H and O–H groups in total. The summed E-state index contributed by atoms with van der Waals surface area (Å²) in [4.78, 5) is 15.5. The molecular formula is C12H11N5O2. The number of amides is 1. The number of nitrogens with zero attached hydrogens (tertiary/aromatic N) is 4. The van der Waals surface area contributed by atoms with E-state index in [2.05, 4.69) is 15.4 Å². The second kappa shape index (κ2) is 5.64. The molecule has 1 aromatic heterocycles. The molecule has 0 aliphatic carbocycles. The standard InChI is InChI=1S/C12H11N5O2/c1-17-12(14-8-15-17)16-11(18)7-19-10-4-2-9(6-13)3-5-10/h2-5,8H,7H2,1H3,(H,14,15,16,18). The molecule has 7 heteroatoms. The highest BCUT2D eigenvalue weighted by Gasteiger charge is 2.07. The van der Waals surface area contributed by atoms with Gasteiger partial charge in [-0.15, -0.1) is 0 Å². The Bertz CT molecular complexity index is 612. The average molecular weight is 257 g/mol. The van der Waals surface area contributed by atoms with Crippen LogP contribution in [0.1, 0.15) is 5.56 Å². The van der Waals surface area contributed by atoms with E-state index in [4.69, 9.17) is 10.00 Å². The van der Waals surface area contributed by atoms with Crippen LogP contribution in [0.3, 0.4) is 0 Å². The zero-order valence-corrected chi connectivity index (χ0v) is 10.2. The van der Waals surface area contributed by atoms with E-state index in [-0.39, 0.29) is 12.5 Å². The van der Waals surface area contributed by atoms with Crippen molar-refractivity contribution in [2.45, 2.75) is 0 Å². The van der Waals surface area contributed by atoms with Gasteiger partial charge in [0.2, 0.25) is 5.95 Å². The van der Waals surface area contributed by atoms with E-state index in [1.807, 2.05) is 6.07 Å². The number of anilines is 1. The summed E-state index contributed by atoms with van der Waals surface area (Å²) in [5, 5.41) is 15.0. The molecular weight excluding hydrogens is 246 g/mol. The van der Waals surface area contributed by atoms with Crippen LogP contribution < -0.4 is 10.1 Å². The van der Waals surface area contributed by atoms with Gasteiger partial charge < -0.3 is 4.74 Å². The Hall–Kier alpha value is -2.88. The molecule has 1 amide bonds. The number of rotatable bonds is 4. The third-order valence-corrected chi connectivity index (χ3v) is 2.32. The summed E-state index contributed by atoms with van der Waals surface area (Å²) >= 11 is 0. The minimum absolute atomic E-state index is 0.140. The lowest BCUT2D eigenvalue weighted by atomic mass is 10.2. The number of ether oxygens (including phenoxy) is 1. The topological polar surface area (TPSA) is 92.8 Å². The molecule has 2 rings (SSSR count). The molecule has 0 spiro atoms. The van der Waals surface area contributed by atoms with Gasteiger partial charge in [0.15, 0.2) is 6.61 Å². The number of carbonyl (C=O) groups is 1. The molecule has 0 fully saturated rings. The molecule has 0 bridgehead atoms. The van der Waals surface area contributed by atoms with Crippen LogP contribution in [-0.4, -0.2) is 27.3 Å². The zero-order valence-electron chi connectivity index (χ0n) is 10.2. The molecule has 0 atom stereocenters. The van der Waals surface area contributed by atoms with E-state index < -0.39 is 0 Å². The Morgan fingerprint density at radius 1 is 1.47 bits per heavy atom. The van der Waals surface area contributed by atoms with Crippen molar-refractivity contribution >= 4 is 11.9 Å². The summed E-state index contributed by atoms with van der Waals surface area (Å²) in [6.45, 7) is -0.140. The fourth-order valence-corrected chi connectivity index (χ4v) is 1.34. The number of aromatic nitrogens is 3. The predicted octanol–water partition coefficient (Wildman–Crippen LogP) is 0.704. The molecule has 0 aliphatic heterocycles. The fourth-order valence-electron chi connectivity index (χ4n) is 1.34. The van der Waals surface area contributed by atoms with Crippen molar-refractivity contribution in [2.24, 2.45) is 7.05 Å². The van der Waals surface area contributed by atoms with E-state index in [1.165, 1.54) is 11.0 Å². The summed E-state index contributed by atoms with van der Waals surface area (Å²) in [6.07, 6.45) is 1.34. The summed E-state index contributed by atoms with van der Waals surface area (Å²) in [5.74, 6) is 0.543. The smallest absolute Gasteiger partial charge is 0.264 e. The monoisotopic (exact) mass is 257 g/mol. The first-order chi connectivity index (χ1) is 9.19. The van der Waals surface area contributed by atoms with E-state index in [9.17, 15) is 4.79 Å². The first kappa shape index (κ1) is 12.6. The van der Waals surface area contributed by atoms with Gasteiger partial charge in [0, 0.05) is 7.05 Å². The van der Waals surface area contributed by atoms with Crippen LogP contribution in [0.4, 0.5) is 5.95 Å². The molecule has 1 aromatic carbocycles. The third-order valence-electron chi connectivity index (χ3n) is 2.32. The van der Waals surface area contributed by atoms with Gasteiger partial charge >= 0.3 is 0 Å². The molecule has 0 saturated heterocycles. The minimum Gasteiger partial charge on any atom is -0.484 e. The molecule has 2 aromatic rings. The number of aryl methyl sites for hydroxylation is 1. The van der Waals surface area contributed by atoms with Crippen LogP contribution in [0.5, 0.6) is 5.75 Å². The van der Waals surface area contributed by atoms with E-state index in [0.29, 0.717) is 17.3 Å². The van der Waals surface area contributed by atoms with Crippen LogP contribution in [-0.2, 0) is 11.8 Å². The predicted molar refractivity (Wildman–Crippen MR) is 66.3 cm³/mol. The second-order valence-corrected chi connectivity index (χ2v) is 3.68. The minimum atomic E-state index is -0.333. The summed E-state index contributed by atoms with van der Waals surface area (Å²) in [5.41, 5.74) is 0.538. The maximum Gasteiger partial charge on any atom is 0.264 e. The largest absolute Gasteiger partial charge is 0.484 e. The van der Waals surface area contributed by atoms with Gasteiger partial charge in [-0.3, -0.25) is 10.1 Å². The quantitative estimate of drug-likeness (QED) is 0.870. The third kappa shape index (κ3) is 3.29. The molecule has 19 heavy (non-hydrogen) atoms. The number of benzene rings is 1. The highest BCUT2D eigenvalue weighted by Crippen LogP contribution is 2.11. The van der Waals surface area contributed by atoms with Crippen LogP contribution in [0.25, 0.3) is 0 Å². The lowest BCUT2D eigenvalue weighted by Crippen LogP contribution is -2.22. The van der Waals surface area contributed by atoms with Gasteiger partial charge in [-0.1, -0.05) is 0 Å². The van der Waals surface area contributed by atoms with E-state index >= 15 is 0 Å². The maximum absolute atomic E-state index is 11.6. The van der Waals surface area contributed by atoms with Gasteiger partial charge in [0.25, 0.3) is 5.91 Å². The van der Waals surface area contributed by atoms with Crippen molar-refractivity contribution in [1.29, 1.82) is 5.26 Å². The van der Waals surface area contributed by atoms with E-state index in [1.54, 1.807) is 31.3 Å². The molecule has 96 valence electrons. The van der Waals surface area contributed by atoms with Crippen LogP contribution in [0, 0.1) is 11.3 Å². The molecule has 0 saturated carbocycles. The number of hydrogen-bond acceptors (Lipinski definition) is 5. The maximum atomic E-state index is 11.6. The van der Waals surface area contributed by atoms with Gasteiger partial charge in [0.1, 0.15) is 12.1 Å². The van der Waals surface area contributed by atoms with Crippen molar-refractivity contribution in [3.63, 3.8) is 0 Å². The lowest BCUT2D eigenvalue weighted by Gasteiger charge is -2.06. The lowest BCUT2D eigenvalue weighted by molar-refractivity contribution is -0.118. The highest BCUT2D eigenvalue weighted by atomic mass is 16.5. The van der Waals surface area contributed by atoms with Crippen molar-refractivity contribution in [3.8, 4) is 11.8 Å². The summed E-state index contributed by atoms with van der Waals surface area (Å²) in [6, 6.07) is 8.51. The number of nitriles is 1. The molecule has 0 unspecified atom stereocenters. The van der Waals surface area contributed by atoms with Crippen LogP contribution in [0.2, 0.25) is 0 Å². The Balaban J connectivity index is 1.86. The van der Waals surface area contributed by atoms with Crippen molar-refractivity contribution in [3.05, 3.63) is 36.2 Å². The number of nitrogens with one attached hydrogen (secondary N) is 1. The SMILES string of the molecule is Cn1ncnc1NC(=O)COc1ccc(C#N)cc1. The molecule has 0 radical (unpaired) electrons. The van der Waals surface area contributed by atoms with Crippen LogP contribution in [0.15, 0.2) is 30.6 Å². The number of hydrogen-bond donors (Lipinski definition) is 1. The summed E-state index contributed by atoms with van der Waals surface area (Å²) in [7, 11) is 1.67. The van der Waals surface area contributed by atoms with Crippen LogP contribution >= 0.6 is 0 Å². The highest BCUT2D eigenvalue weighted by molar-refractivity contribution is 5.90. The van der Waals surface area contributed by atoms with Gasteiger partial charge in [-0.25, -0.2) is 4.68 Å². The first-order valence-electron chi connectivity index (χ1n) is 5.46. The Labute approximate surface area is 109 Å². The van der Waals surface area contributed by atoms with Crippen molar-refractivity contribution in [2.75, 3.05) is 11.9 Å². The van der Waals surface area contributed by atoms with E-state index in [0.717, 1.165) is 0 Å². The Kier molecular flexibility index (Phi) is 3.73. The summed E-state index contributed by atoms with van der Waals surface area (Å²) < 4.78 is 6.72. The first-order valence-corrected chi connectivity index (χ1v) is 5.46. The average Bonchev–Trinajstić information content (AvgIpc) is 2.82. The second-order valence-electron chi connectivity index (χ2n) is 3.68.